The number of benzene rings is 2. The van der Waals surface area contributed by atoms with Crippen molar-refractivity contribution in [1.29, 1.82) is 0 Å². The molecule has 0 aliphatic carbocycles. The topological polar surface area (TPSA) is 72.5 Å². The SMILES string of the molecule is COC(=O)c1cccc(S(=O)(=O)Nc2c(F)cc(F)cc2F)c1. The van der Waals surface area contributed by atoms with Gasteiger partial charge in [0.2, 0.25) is 0 Å². The molecule has 9 heteroatoms. The quantitative estimate of drug-likeness (QED) is 0.865. The van der Waals surface area contributed by atoms with E-state index in [9.17, 15) is 26.4 Å². The second-order valence-corrected chi connectivity index (χ2v) is 6.05. The van der Waals surface area contributed by atoms with Gasteiger partial charge in [-0.2, -0.15) is 0 Å². The van der Waals surface area contributed by atoms with E-state index in [-0.39, 0.29) is 5.56 Å². The van der Waals surface area contributed by atoms with Gasteiger partial charge in [-0.05, 0) is 18.2 Å². The van der Waals surface area contributed by atoms with Gasteiger partial charge < -0.3 is 4.74 Å². The van der Waals surface area contributed by atoms with E-state index in [2.05, 4.69) is 4.74 Å². The van der Waals surface area contributed by atoms with Crippen LogP contribution in [-0.4, -0.2) is 21.5 Å². The molecule has 0 aliphatic rings. The molecular weight excluding hydrogens is 335 g/mol. The molecule has 1 N–H and O–H groups in total. The number of rotatable bonds is 4. The summed E-state index contributed by atoms with van der Waals surface area (Å²) in [5.41, 5.74) is -1.08. The van der Waals surface area contributed by atoms with E-state index >= 15 is 0 Å². The summed E-state index contributed by atoms with van der Waals surface area (Å²) < 4.78 is 70.4. The number of hydrogen-bond acceptors (Lipinski definition) is 4. The third-order valence-electron chi connectivity index (χ3n) is 2.81. The van der Waals surface area contributed by atoms with Gasteiger partial charge in [-0.3, -0.25) is 4.72 Å². The number of sulfonamides is 1. The molecule has 5 nitrogen and oxygen atoms in total. The number of anilines is 1. The Kier molecular flexibility index (Phi) is 4.60. The summed E-state index contributed by atoms with van der Waals surface area (Å²) >= 11 is 0. The van der Waals surface area contributed by atoms with E-state index in [0.717, 1.165) is 19.2 Å². The van der Waals surface area contributed by atoms with Gasteiger partial charge in [0.15, 0.2) is 11.6 Å². The fourth-order valence-corrected chi connectivity index (χ4v) is 2.86. The van der Waals surface area contributed by atoms with Gasteiger partial charge in [-0.1, -0.05) is 6.07 Å². The standard InChI is InChI=1S/C14H10F3NO4S/c1-22-14(19)8-3-2-4-10(5-8)23(20,21)18-13-11(16)6-9(15)7-12(13)17/h2-7,18H,1H3. The number of hydrogen-bond donors (Lipinski definition) is 1. The highest BCUT2D eigenvalue weighted by Crippen LogP contribution is 2.24. The second-order valence-electron chi connectivity index (χ2n) is 4.37. The minimum absolute atomic E-state index is 0.0598. The van der Waals surface area contributed by atoms with Gasteiger partial charge in [-0.15, -0.1) is 0 Å². The minimum atomic E-state index is -4.40. The van der Waals surface area contributed by atoms with Crippen molar-refractivity contribution in [2.45, 2.75) is 4.90 Å². The fourth-order valence-electron chi connectivity index (χ4n) is 1.74. The predicted octanol–water partition coefficient (Wildman–Crippen LogP) is 2.69. The lowest BCUT2D eigenvalue weighted by atomic mass is 10.2. The van der Waals surface area contributed by atoms with E-state index in [1.807, 2.05) is 0 Å². The molecule has 0 saturated carbocycles. The average Bonchev–Trinajstić information content (AvgIpc) is 2.50. The predicted molar refractivity (Wildman–Crippen MR) is 74.9 cm³/mol. The van der Waals surface area contributed by atoms with Gasteiger partial charge >= 0.3 is 5.97 Å². The van der Waals surface area contributed by atoms with Crippen LogP contribution in [-0.2, 0) is 14.8 Å². The van der Waals surface area contributed by atoms with Gasteiger partial charge in [0.1, 0.15) is 11.5 Å². The van der Waals surface area contributed by atoms with Crippen molar-refractivity contribution >= 4 is 21.7 Å². The maximum absolute atomic E-state index is 13.5. The first-order valence-electron chi connectivity index (χ1n) is 6.10. The summed E-state index contributed by atoms with van der Waals surface area (Å²) in [6.45, 7) is 0. The smallest absolute Gasteiger partial charge is 0.337 e. The molecule has 0 aromatic heterocycles. The molecular formula is C14H10F3NO4S. The normalized spacial score (nSPS) is 11.1. The number of carbonyl (C=O) groups is 1. The second kappa shape index (κ2) is 6.29. The van der Waals surface area contributed by atoms with Crippen LogP contribution in [0.1, 0.15) is 10.4 Å². The molecule has 0 amide bonds. The first-order valence-corrected chi connectivity index (χ1v) is 7.58. The lowest BCUT2D eigenvalue weighted by Gasteiger charge is -2.10. The monoisotopic (exact) mass is 345 g/mol. The van der Waals surface area contributed by atoms with Crippen LogP contribution in [0.2, 0.25) is 0 Å². The maximum Gasteiger partial charge on any atom is 0.337 e. The molecule has 0 aliphatic heterocycles. The number of esters is 1. The Bertz CT molecular complexity index is 845. The third kappa shape index (κ3) is 3.62. The summed E-state index contributed by atoms with van der Waals surface area (Å²) in [7, 11) is -3.28. The van der Waals surface area contributed by atoms with Crippen LogP contribution >= 0.6 is 0 Å². The molecule has 2 aromatic carbocycles. The zero-order chi connectivity index (χ0) is 17.2. The molecule has 0 bridgehead atoms. The Labute approximate surface area is 129 Å². The van der Waals surface area contributed by atoms with E-state index in [1.54, 1.807) is 4.72 Å². The largest absolute Gasteiger partial charge is 0.465 e. The Morgan fingerprint density at radius 3 is 2.26 bits per heavy atom. The third-order valence-corrected chi connectivity index (χ3v) is 4.16. The fraction of sp³-hybridized carbons (Fsp3) is 0.0714. The summed E-state index contributed by atoms with van der Waals surface area (Å²) in [4.78, 5) is 11.0. The first kappa shape index (κ1) is 16.8. The summed E-state index contributed by atoms with van der Waals surface area (Å²) in [6.07, 6.45) is 0. The van der Waals surface area contributed by atoms with Gasteiger partial charge in [-0.25, -0.2) is 26.4 Å². The summed E-state index contributed by atoms with van der Waals surface area (Å²) in [6, 6.07) is 5.35. The van der Waals surface area contributed by atoms with Crippen molar-refractivity contribution in [2.75, 3.05) is 11.8 Å². The molecule has 23 heavy (non-hydrogen) atoms. The molecule has 0 heterocycles. The maximum atomic E-state index is 13.5. The van der Waals surface area contributed by atoms with Gasteiger partial charge in [0, 0.05) is 12.1 Å². The van der Waals surface area contributed by atoms with Crippen molar-refractivity contribution in [3.8, 4) is 0 Å². The molecule has 0 atom stereocenters. The zero-order valence-corrected chi connectivity index (χ0v) is 12.5. The van der Waals surface area contributed by atoms with E-state index in [1.165, 1.54) is 12.1 Å². The van der Waals surface area contributed by atoms with Crippen LogP contribution in [0.3, 0.4) is 0 Å². The van der Waals surface area contributed by atoms with Crippen molar-refractivity contribution in [3.63, 3.8) is 0 Å². The van der Waals surface area contributed by atoms with Crippen LogP contribution in [0.15, 0.2) is 41.3 Å². The van der Waals surface area contributed by atoms with Crippen LogP contribution < -0.4 is 4.72 Å². The lowest BCUT2D eigenvalue weighted by molar-refractivity contribution is 0.0600. The molecule has 2 aromatic rings. The van der Waals surface area contributed by atoms with E-state index in [4.69, 9.17) is 0 Å². The minimum Gasteiger partial charge on any atom is -0.465 e. The van der Waals surface area contributed by atoms with Crippen molar-refractivity contribution in [2.24, 2.45) is 0 Å². The summed E-state index contributed by atoms with van der Waals surface area (Å²) in [5.74, 6) is -4.78. The van der Waals surface area contributed by atoms with Crippen LogP contribution in [0.5, 0.6) is 0 Å². The lowest BCUT2D eigenvalue weighted by Crippen LogP contribution is -2.16. The van der Waals surface area contributed by atoms with E-state index < -0.39 is 44.0 Å². The molecule has 0 fully saturated rings. The Balaban J connectivity index is 2.42. The number of nitrogens with one attached hydrogen (secondary N) is 1. The number of carbonyl (C=O) groups excluding carboxylic acids is 1. The highest BCUT2D eigenvalue weighted by atomic mass is 32.2. The molecule has 122 valence electrons. The zero-order valence-electron chi connectivity index (χ0n) is 11.6. The van der Waals surface area contributed by atoms with Crippen molar-refractivity contribution in [3.05, 3.63) is 59.4 Å². The Morgan fingerprint density at radius 1 is 1.09 bits per heavy atom. The number of methoxy groups -OCH3 is 1. The molecule has 0 saturated heterocycles. The molecule has 0 unspecified atom stereocenters. The molecule has 0 radical (unpaired) electrons. The average molecular weight is 345 g/mol. The highest BCUT2D eigenvalue weighted by Gasteiger charge is 2.21. The first-order chi connectivity index (χ1) is 10.7. The Hall–Kier alpha value is -2.55. The van der Waals surface area contributed by atoms with Crippen LogP contribution in [0.4, 0.5) is 18.9 Å². The summed E-state index contributed by atoms with van der Waals surface area (Å²) in [5, 5.41) is 0. The highest BCUT2D eigenvalue weighted by molar-refractivity contribution is 7.92. The van der Waals surface area contributed by atoms with Crippen molar-refractivity contribution < 1.29 is 31.1 Å². The number of halogens is 3. The van der Waals surface area contributed by atoms with Gasteiger partial charge in [0.05, 0.1) is 17.6 Å². The van der Waals surface area contributed by atoms with Gasteiger partial charge in [0.25, 0.3) is 10.0 Å². The van der Waals surface area contributed by atoms with Crippen LogP contribution in [0.25, 0.3) is 0 Å². The Morgan fingerprint density at radius 2 is 1.70 bits per heavy atom. The van der Waals surface area contributed by atoms with Crippen molar-refractivity contribution in [1.82, 2.24) is 0 Å². The molecule has 0 spiro atoms. The molecule has 2 rings (SSSR count). The number of ether oxygens (including phenoxy) is 1. The van der Waals surface area contributed by atoms with Crippen LogP contribution in [0, 0.1) is 17.5 Å². The van der Waals surface area contributed by atoms with E-state index in [0.29, 0.717) is 12.1 Å².